The van der Waals surface area contributed by atoms with E-state index in [2.05, 4.69) is 0 Å². The quantitative estimate of drug-likeness (QED) is 0.776. The van der Waals surface area contributed by atoms with Crippen LogP contribution in [0.2, 0.25) is 0 Å². The molecule has 2 aliphatic heterocycles. The first-order valence-corrected chi connectivity index (χ1v) is 11.0. The molecule has 1 unspecified atom stereocenters. The van der Waals surface area contributed by atoms with E-state index in [0.717, 1.165) is 50.8 Å². The average molecular weight is 415 g/mol. The molecule has 0 spiro atoms. The third kappa shape index (κ3) is 5.97. The monoisotopic (exact) mass is 414 g/mol. The van der Waals surface area contributed by atoms with Crippen molar-refractivity contribution in [3.8, 4) is 0 Å². The standard InChI is InChI=1S/C23H34N4O3/c1-25(16-19-6-3-2-4-7-19)21(28)10-9-18-11-14-26(15-12-18)22(29)20-8-5-13-27(17-20)23(24)30/h2-4,6-7,18,20H,5,8-17H2,1H3,(H2,24,30). The normalized spacial score (nSPS) is 20.1. The van der Waals surface area contributed by atoms with Crippen LogP contribution in [0.15, 0.2) is 30.3 Å². The summed E-state index contributed by atoms with van der Waals surface area (Å²) in [6.45, 7) is 3.20. The van der Waals surface area contributed by atoms with Gasteiger partial charge < -0.3 is 20.4 Å². The Balaban J connectivity index is 1.38. The van der Waals surface area contributed by atoms with Gasteiger partial charge in [0.05, 0.1) is 5.92 Å². The number of rotatable bonds is 6. The van der Waals surface area contributed by atoms with Gasteiger partial charge in [0.2, 0.25) is 11.8 Å². The molecule has 0 aromatic heterocycles. The predicted molar refractivity (Wildman–Crippen MR) is 115 cm³/mol. The summed E-state index contributed by atoms with van der Waals surface area (Å²) in [5, 5.41) is 0. The van der Waals surface area contributed by atoms with Crippen LogP contribution in [0.3, 0.4) is 0 Å². The van der Waals surface area contributed by atoms with Gasteiger partial charge in [0.1, 0.15) is 0 Å². The number of amides is 4. The molecule has 1 aromatic carbocycles. The zero-order valence-corrected chi connectivity index (χ0v) is 18.0. The molecular weight excluding hydrogens is 380 g/mol. The third-order valence-corrected chi connectivity index (χ3v) is 6.46. The lowest BCUT2D eigenvalue weighted by molar-refractivity contribution is -0.138. The molecule has 2 saturated heterocycles. The summed E-state index contributed by atoms with van der Waals surface area (Å²) >= 11 is 0. The smallest absolute Gasteiger partial charge is 0.314 e. The molecule has 0 bridgehead atoms. The second kappa shape index (κ2) is 10.5. The van der Waals surface area contributed by atoms with Crippen molar-refractivity contribution in [3.63, 3.8) is 0 Å². The number of hydrogen-bond donors (Lipinski definition) is 1. The fraction of sp³-hybridized carbons (Fsp3) is 0.609. The zero-order valence-electron chi connectivity index (χ0n) is 18.0. The molecule has 2 heterocycles. The van der Waals surface area contributed by atoms with Crippen LogP contribution < -0.4 is 5.73 Å². The van der Waals surface area contributed by atoms with Crippen LogP contribution in [-0.2, 0) is 16.1 Å². The number of carbonyl (C=O) groups is 3. The highest BCUT2D eigenvalue weighted by Gasteiger charge is 2.32. The lowest BCUT2D eigenvalue weighted by Gasteiger charge is -2.37. The number of hydrogen-bond acceptors (Lipinski definition) is 3. The number of benzene rings is 1. The van der Waals surface area contributed by atoms with Crippen molar-refractivity contribution in [2.75, 3.05) is 33.2 Å². The molecule has 0 saturated carbocycles. The van der Waals surface area contributed by atoms with Gasteiger partial charge in [0, 0.05) is 46.2 Å². The Bertz CT molecular complexity index is 731. The molecule has 30 heavy (non-hydrogen) atoms. The maximum absolute atomic E-state index is 12.8. The van der Waals surface area contributed by atoms with Crippen LogP contribution in [0.1, 0.15) is 44.1 Å². The van der Waals surface area contributed by atoms with Gasteiger partial charge in [0.25, 0.3) is 0 Å². The molecule has 2 fully saturated rings. The molecule has 7 heteroatoms. The highest BCUT2D eigenvalue weighted by atomic mass is 16.2. The first-order chi connectivity index (χ1) is 14.4. The molecule has 0 aliphatic carbocycles. The molecule has 3 rings (SSSR count). The Morgan fingerprint density at radius 2 is 1.73 bits per heavy atom. The van der Waals surface area contributed by atoms with Gasteiger partial charge in [-0.2, -0.15) is 0 Å². The summed E-state index contributed by atoms with van der Waals surface area (Å²) in [5.74, 6) is 0.678. The average Bonchev–Trinajstić information content (AvgIpc) is 2.78. The van der Waals surface area contributed by atoms with Crippen molar-refractivity contribution >= 4 is 17.8 Å². The molecule has 164 valence electrons. The predicted octanol–water partition coefficient (Wildman–Crippen LogP) is 2.45. The molecule has 4 amide bonds. The summed E-state index contributed by atoms with van der Waals surface area (Å²) in [4.78, 5) is 42.0. The van der Waals surface area contributed by atoms with E-state index in [4.69, 9.17) is 5.73 Å². The molecular formula is C23H34N4O3. The van der Waals surface area contributed by atoms with Crippen molar-refractivity contribution in [3.05, 3.63) is 35.9 Å². The first-order valence-electron chi connectivity index (χ1n) is 11.0. The minimum Gasteiger partial charge on any atom is -0.351 e. The maximum atomic E-state index is 12.8. The molecule has 1 atom stereocenters. The fourth-order valence-electron chi connectivity index (χ4n) is 4.54. The van der Waals surface area contributed by atoms with Crippen LogP contribution in [0.4, 0.5) is 4.79 Å². The second-order valence-electron chi connectivity index (χ2n) is 8.67. The third-order valence-electron chi connectivity index (χ3n) is 6.46. The van der Waals surface area contributed by atoms with Crippen molar-refractivity contribution in [2.24, 2.45) is 17.6 Å². The fourth-order valence-corrected chi connectivity index (χ4v) is 4.54. The van der Waals surface area contributed by atoms with E-state index < -0.39 is 6.03 Å². The molecule has 2 aliphatic rings. The first kappa shape index (κ1) is 22.1. The minimum atomic E-state index is -0.437. The topological polar surface area (TPSA) is 87.0 Å². The summed E-state index contributed by atoms with van der Waals surface area (Å²) in [7, 11) is 1.86. The SMILES string of the molecule is CN(Cc1ccccc1)C(=O)CCC1CCN(C(=O)C2CCCN(C(N)=O)C2)CC1. The Kier molecular flexibility index (Phi) is 7.71. The van der Waals surface area contributed by atoms with E-state index in [9.17, 15) is 14.4 Å². The highest BCUT2D eigenvalue weighted by Crippen LogP contribution is 2.26. The van der Waals surface area contributed by atoms with Crippen LogP contribution in [-0.4, -0.2) is 65.8 Å². The number of urea groups is 1. The van der Waals surface area contributed by atoms with E-state index in [1.54, 1.807) is 9.80 Å². The van der Waals surface area contributed by atoms with E-state index in [-0.39, 0.29) is 17.7 Å². The van der Waals surface area contributed by atoms with E-state index in [1.807, 2.05) is 42.3 Å². The number of carbonyl (C=O) groups excluding carboxylic acids is 3. The van der Waals surface area contributed by atoms with Crippen LogP contribution in [0.25, 0.3) is 0 Å². The van der Waals surface area contributed by atoms with Gasteiger partial charge in [-0.05, 0) is 43.6 Å². The zero-order chi connectivity index (χ0) is 21.5. The minimum absolute atomic E-state index is 0.129. The van der Waals surface area contributed by atoms with Crippen molar-refractivity contribution < 1.29 is 14.4 Å². The Morgan fingerprint density at radius 1 is 1.03 bits per heavy atom. The van der Waals surface area contributed by atoms with Gasteiger partial charge in [-0.1, -0.05) is 30.3 Å². The van der Waals surface area contributed by atoms with E-state index in [1.165, 1.54) is 0 Å². The second-order valence-corrected chi connectivity index (χ2v) is 8.67. The van der Waals surface area contributed by atoms with Gasteiger partial charge >= 0.3 is 6.03 Å². The molecule has 0 radical (unpaired) electrons. The Labute approximate surface area is 179 Å². The Hall–Kier alpha value is -2.57. The van der Waals surface area contributed by atoms with Crippen LogP contribution in [0, 0.1) is 11.8 Å². The number of nitrogens with two attached hydrogens (primary N) is 1. The van der Waals surface area contributed by atoms with Gasteiger partial charge in [0.15, 0.2) is 0 Å². The number of piperidine rings is 2. The number of primary amides is 1. The van der Waals surface area contributed by atoms with Gasteiger partial charge in [-0.25, -0.2) is 4.79 Å². The summed E-state index contributed by atoms with van der Waals surface area (Å²) in [5.41, 5.74) is 6.52. The largest absolute Gasteiger partial charge is 0.351 e. The maximum Gasteiger partial charge on any atom is 0.314 e. The summed E-state index contributed by atoms with van der Waals surface area (Å²) in [6, 6.07) is 9.58. The molecule has 1 aromatic rings. The van der Waals surface area contributed by atoms with Gasteiger partial charge in [-0.3, -0.25) is 9.59 Å². The van der Waals surface area contributed by atoms with Crippen LogP contribution in [0.5, 0.6) is 0 Å². The lowest BCUT2D eigenvalue weighted by Crippen LogP contribution is -2.49. The molecule has 7 nitrogen and oxygen atoms in total. The summed E-state index contributed by atoms with van der Waals surface area (Å²) in [6.07, 6.45) is 4.96. The molecule has 2 N–H and O–H groups in total. The highest BCUT2D eigenvalue weighted by molar-refractivity contribution is 5.80. The number of nitrogens with zero attached hydrogens (tertiary/aromatic N) is 3. The summed E-state index contributed by atoms with van der Waals surface area (Å²) < 4.78 is 0. The lowest BCUT2D eigenvalue weighted by atomic mass is 9.90. The van der Waals surface area contributed by atoms with Crippen LogP contribution >= 0.6 is 0 Å². The van der Waals surface area contributed by atoms with Crippen molar-refractivity contribution in [1.29, 1.82) is 0 Å². The van der Waals surface area contributed by atoms with E-state index >= 15 is 0 Å². The van der Waals surface area contributed by atoms with Gasteiger partial charge in [-0.15, -0.1) is 0 Å². The Morgan fingerprint density at radius 3 is 2.40 bits per heavy atom. The van der Waals surface area contributed by atoms with Crippen molar-refractivity contribution in [1.82, 2.24) is 14.7 Å². The van der Waals surface area contributed by atoms with Crippen molar-refractivity contribution in [2.45, 2.75) is 45.1 Å². The van der Waals surface area contributed by atoms with E-state index in [0.29, 0.717) is 32.0 Å². The number of likely N-dealkylation sites (tertiary alicyclic amines) is 2.